The minimum Gasteiger partial charge on any atom is -0.383 e. The van der Waals surface area contributed by atoms with Crippen LogP contribution in [0.4, 0.5) is 5.82 Å². The molecule has 3 rings (SSSR count). The van der Waals surface area contributed by atoms with Crippen molar-refractivity contribution in [2.75, 3.05) is 19.3 Å². The Kier molecular flexibility index (Phi) is 3.54. The number of rotatable bonds is 1. The number of benzene rings is 1. The normalized spacial score (nSPS) is 14.5. The fourth-order valence-corrected chi connectivity index (χ4v) is 2.89. The summed E-state index contributed by atoms with van der Waals surface area (Å²) >= 11 is 5.96. The molecule has 2 N–H and O–H groups in total. The SMILES string of the molecule is CN1CCc2nc(N)c(C#N)c(-c3ccc(Cl)cc3)c2C1. The number of nitrogens with zero attached hydrogens (tertiary/aromatic N) is 3. The van der Waals surface area contributed by atoms with Gasteiger partial charge in [-0.2, -0.15) is 5.26 Å². The van der Waals surface area contributed by atoms with Gasteiger partial charge >= 0.3 is 0 Å². The van der Waals surface area contributed by atoms with Crippen LogP contribution in [0.25, 0.3) is 11.1 Å². The molecule has 4 nitrogen and oxygen atoms in total. The fraction of sp³-hybridized carbons (Fsp3) is 0.250. The molecule has 0 unspecified atom stereocenters. The summed E-state index contributed by atoms with van der Waals surface area (Å²) in [6, 6.07) is 9.70. The lowest BCUT2D eigenvalue weighted by Gasteiger charge is -2.27. The lowest BCUT2D eigenvalue weighted by atomic mass is 9.91. The molecular weight excluding hydrogens is 284 g/mol. The molecule has 0 atom stereocenters. The lowest BCUT2D eigenvalue weighted by molar-refractivity contribution is 0.310. The second-order valence-electron chi connectivity index (χ2n) is 5.28. The Labute approximate surface area is 128 Å². The Hall–Kier alpha value is -2.09. The van der Waals surface area contributed by atoms with Gasteiger partial charge in [0.15, 0.2) is 0 Å². The first-order chi connectivity index (χ1) is 10.1. The number of hydrogen-bond acceptors (Lipinski definition) is 4. The van der Waals surface area contributed by atoms with Gasteiger partial charge in [0.05, 0.1) is 0 Å². The van der Waals surface area contributed by atoms with Gasteiger partial charge in [-0.05, 0) is 30.3 Å². The molecule has 1 aromatic carbocycles. The van der Waals surface area contributed by atoms with Crippen LogP contribution in [0.15, 0.2) is 24.3 Å². The highest BCUT2D eigenvalue weighted by Gasteiger charge is 2.23. The number of pyridine rings is 1. The monoisotopic (exact) mass is 298 g/mol. The standard InChI is InChI=1S/C16H15ClN4/c1-21-7-6-14-13(9-21)15(12(8-18)16(19)20-14)10-2-4-11(17)5-3-10/h2-5H,6-7,9H2,1H3,(H2,19,20). The first-order valence-electron chi connectivity index (χ1n) is 6.76. The van der Waals surface area contributed by atoms with Crippen LogP contribution in [0, 0.1) is 11.3 Å². The third-order valence-corrected chi connectivity index (χ3v) is 4.07. The van der Waals surface area contributed by atoms with Crippen molar-refractivity contribution in [2.24, 2.45) is 0 Å². The molecule has 0 spiro atoms. The molecule has 0 fully saturated rings. The highest BCUT2D eigenvalue weighted by Crippen LogP contribution is 2.35. The summed E-state index contributed by atoms with van der Waals surface area (Å²) < 4.78 is 0. The number of halogens is 1. The van der Waals surface area contributed by atoms with E-state index in [0.29, 0.717) is 16.4 Å². The molecular formula is C16H15ClN4. The van der Waals surface area contributed by atoms with Gasteiger partial charge in [-0.25, -0.2) is 4.98 Å². The van der Waals surface area contributed by atoms with Crippen LogP contribution in [0.1, 0.15) is 16.8 Å². The van der Waals surface area contributed by atoms with E-state index >= 15 is 0 Å². The van der Waals surface area contributed by atoms with E-state index in [2.05, 4.69) is 23.0 Å². The predicted octanol–water partition coefficient (Wildman–Crippen LogP) is 2.84. The van der Waals surface area contributed by atoms with Gasteiger partial charge in [-0.3, -0.25) is 0 Å². The van der Waals surface area contributed by atoms with Crippen molar-refractivity contribution in [3.63, 3.8) is 0 Å². The quantitative estimate of drug-likeness (QED) is 0.879. The first-order valence-corrected chi connectivity index (χ1v) is 7.13. The Morgan fingerprint density at radius 2 is 2.05 bits per heavy atom. The average molecular weight is 299 g/mol. The molecule has 0 saturated carbocycles. The Balaban J connectivity index is 2.28. The fourth-order valence-electron chi connectivity index (χ4n) is 2.76. The summed E-state index contributed by atoms with van der Waals surface area (Å²) in [5, 5.41) is 10.1. The topological polar surface area (TPSA) is 65.9 Å². The molecule has 106 valence electrons. The Bertz CT molecular complexity index is 731. The number of likely N-dealkylation sites (N-methyl/N-ethyl adjacent to an activating group) is 1. The highest BCUT2D eigenvalue weighted by molar-refractivity contribution is 6.30. The summed E-state index contributed by atoms with van der Waals surface area (Å²) in [4.78, 5) is 6.65. The summed E-state index contributed by atoms with van der Waals surface area (Å²) in [5.74, 6) is 0.311. The summed E-state index contributed by atoms with van der Waals surface area (Å²) in [7, 11) is 2.07. The summed E-state index contributed by atoms with van der Waals surface area (Å²) in [6.07, 6.45) is 0.850. The van der Waals surface area contributed by atoms with Crippen molar-refractivity contribution >= 4 is 17.4 Å². The van der Waals surface area contributed by atoms with Crippen molar-refractivity contribution in [1.29, 1.82) is 5.26 Å². The van der Waals surface area contributed by atoms with Gasteiger partial charge < -0.3 is 10.6 Å². The van der Waals surface area contributed by atoms with Gasteiger partial charge in [-0.15, -0.1) is 0 Å². The van der Waals surface area contributed by atoms with Crippen molar-refractivity contribution in [3.8, 4) is 17.2 Å². The largest absolute Gasteiger partial charge is 0.383 e. The van der Waals surface area contributed by atoms with E-state index < -0.39 is 0 Å². The van der Waals surface area contributed by atoms with Gasteiger partial charge in [-0.1, -0.05) is 23.7 Å². The van der Waals surface area contributed by atoms with Crippen LogP contribution >= 0.6 is 11.6 Å². The van der Waals surface area contributed by atoms with Crippen LogP contribution in [0.3, 0.4) is 0 Å². The molecule has 0 aliphatic carbocycles. The van der Waals surface area contributed by atoms with E-state index in [1.807, 2.05) is 24.3 Å². The molecule has 2 heterocycles. The smallest absolute Gasteiger partial charge is 0.142 e. The number of nitriles is 1. The zero-order chi connectivity index (χ0) is 15.0. The molecule has 0 saturated heterocycles. The maximum atomic E-state index is 9.47. The summed E-state index contributed by atoms with van der Waals surface area (Å²) in [5.41, 5.74) is 10.4. The second kappa shape index (κ2) is 5.36. The van der Waals surface area contributed by atoms with E-state index in [-0.39, 0.29) is 0 Å². The molecule has 2 aromatic rings. The van der Waals surface area contributed by atoms with Crippen LogP contribution in [-0.2, 0) is 13.0 Å². The first kappa shape index (κ1) is 13.9. The third kappa shape index (κ3) is 2.46. The zero-order valence-corrected chi connectivity index (χ0v) is 12.5. The van der Waals surface area contributed by atoms with Crippen molar-refractivity contribution < 1.29 is 0 Å². The van der Waals surface area contributed by atoms with E-state index in [1.165, 1.54) is 0 Å². The van der Waals surface area contributed by atoms with E-state index in [0.717, 1.165) is 41.9 Å². The van der Waals surface area contributed by atoms with Gasteiger partial charge in [0, 0.05) is 35.8 Å². The molecule has 1 aliphatic rings. The van der Waals surface area contributed by atoms with E-state index in [9.17, 15) is 5.26 Å². The van der Waals surface area contributed by atoms with Gasteiger partial charge in [0.1, 0.15) is 17.5 Å². The molecule has 0 radical (unpaired) electrons. The Morgan fingerprint density at radius 3 is 2.71 bits per heavy atom. The third-order valence-electron chi connectivity index (χ3n) is 3.81. The molecule has 5 heteroatoms. The minimum atomic E-state index is 0.311. The van der Waals surface area contributed by atoms with Crippen LogP contribution in [-0.4, -0.2) is 23.5 Å². The number of aromatic nitrogens is 1. The van der Waals surface area contributed by atoms with Gasteiger partial charge in [0.2, 0.25) is 0 Å². The predicted molar refractivity (Wildman–Crippen MR) is 83.8 cm³/mol. The number of fused-ring (bicyclic) bond motifs is 1. The molecule has 21 heavy (non-hydrogen) atoms. The molecule has 1 aromatic heterocycles. The Morgan fingerprint density at radius 1 is 1.33 bits per heavy atom. The molecule has 0 bridgehead atoms. The maximum Gasteiger partial charge on any atom is 0.142 e. The number of nitrogen functional groups attached to an aromatic ring is 1. The number of hydrogen-bond donors (Lipinski definition) is 1. The lowest BCUT2D eigenvalue weighted by Crippen LogP contribution is -2.28. The average Bonchev–Trinajstić information content (AvgIpc) is 2.47. The molecule has 0 amide bonds. The minimum absolute atomic E-state index is 0.311. The van der Waals surface area contributed by atoms with Crippen LogP contribution in [0.5, 0.6) is 0 Å². The van der Waals surface area contributed by atoms with Crippen molar-refractivity contribution in [2.45, 2.75) is 13.0 Å². The van der Waals surface area contributed by atoms with Crippen LogP contribution in [0.2, 0.25) is 5.02 Å². The van der Waals surface area contributed by atoms with Crippen LogP contribution < -0.4 is 5.73 Å². The summed E-state index contributed by atoms with van der Waals surface area (Å²) in [6.45, 7) is 1.72. The number of nitrogens with two attached hydrogens (primary N) is 1. The van der Waals surface area contributed by atoms with E-state index in [1.54, 1.807) is 0 Å². The van der Waals surface area contributed by atoms with Crippen molar-refractivity contribution in [3.05, 3.63) is 46.1 Å². The zero-order valence-electron chi connectivity index (χ0n) is 11.7. The highest BCUT2D eigenvalue weighted by atomic mass is 35.5. The van der Waals surface area contributed by atoms with E-state index in [4.69, 9.17) is 17.3 Å². The van der Waals surface area contributed by atoms with Gasteiger partial charge in [0.25, 0.3) is 0 Å². The second-order valence-corrected chi connectivity index (χ2v) is 5.72. The molecule has 1 aliphatic heterocycles. The van der Waals surface area contributed by atoms with Crippen molar-refractivity contribution in [1.82, 2.24) is 9.88 Å². The number of anilines is 1. The maximum absolute atomic E-state index is 9.47.